The van der Waals surface area contributed by atoms with Gasteiger partial charge in [0.05, 0.1) is 50.0 Å². The summed E-state index contributed by atoms with van der Waals surface area (Å²) in [5.41, 5.74) is 2.22. The van der Waals surface area contributed by atoms with Crippen LogP contribution >= 0.6 is 19.4 Å². The molecule has 0 bridgehead atoms. The Kier molecular flexibility index (Phi) is 12.9. The number of fused-ring (bicyclic) bond motifs is 7. The van der Waals surface area contributed by atoms with Crippen molar-refractivity contribution in [1.29, 1.82) is 5.26 Å². The highest BCUT2D eigenvalue weighted by atomic mass is 35.5. The molecule has 0 radical (unpaired) electrons. The normalized spacial score (nSPS) is 30.4. The van der Waals surface area contributed by atoms with Gasteiger partial charge >= 0.3 is 7.82 Å². The van der Waals surface area contributed by atoms with Crippen molar-refractivity contribution in [2.45, 2.75) is 139 Å². The first-order valence-corrected chi connectivity index (χ1v) is 25.2. The summed E-state index contributed by atoms with van der Waals surface area (Å²) in [4.78, 5) is 2.27. The van der Waals surface area contributed by atoms with Crippen LogP contribution in [0, 0.1) is 16.7 Å². The van der Waals surface area contributed by atoms with E-state index in [1.165, 1.54) is 0 Å². The van der Waals surface area contributed by atoms with Crippen LogP contribution in [0.3, 0.4) is 0 Å². The second kappa shape index (κ2) is 18.3. The quantitative estimate of drug-likeness (QED) is 0.0855. The zero-order valence-electron chi connectivity index (χ0n) is 38.0. The van der Waals surface area contributed by atoms with Gasteiger partial charge in [-0.05, 0) is 75.2 Å². The van der Waals surface area contributed by atoms with Gasteiger partial charge in [0.1, 0.15) is 48.1 Å². The number of halogens is 1. The lowest BCUT2D eigenvalue weighted by Crippen LogP contribution is -2.65. The van der Waals surface area contributed by atoms with Crippen LogP contribution in [0.5, 0.6) is 11.5 Å². The number of nitriles is 1. The van der Waals surface area contributed by atoms with E-state index in [1.54, 1.807) is 0 Å². The van der Waals surface area contributed by atoms with Gasteiger partial charge in [-0.3, -0.25) is 13.6 Å². The van der Waals surface area contributed by atoms with E-state index in [0.29, 0.717) is 86.2 Å². The van der Waals surface area contributed by atoms with Crippen molar-refractivity contribution in [3.8, 4) is 17.6 Å². The zero-order chi connectivity index (χ0) is 45.8. The number of hydrogen-bond donors (Lipinski definition) is 0. The Balaban J connectivity index is 1.04. The topological polar surface area (TPSA) is 155 Å². The second-order valence-corrected chi connectivity index (χ2v) is 21.3. The molecule has 4 saturated heterocycles. The predicted molar refractivity (Wildman–Crippen MR) is 240 cm³/mol. The molecule has 356 valence electrons. The minimum absolute atomic E-state index is 0.0578. The number of rotatable bonds is 14. The van der Waals surface area contributed by atoms with E-state index < -0.39 is 67.6 Å². The number of nitrogens with zero attached hydrogens (tertiary/aromatic N) is 2. The third-order valence-corrected chi connectivity index (χ3v) is 15.6. The Morgan fingerprint density at radius 3 is 2.02 bits per heavy atom. The fourth-order valence-electron chi connectivity index (χ4n) is 10.5. The predicted octanol–water partition coefficient (Wildman–Crippen LogP) is 9.54. The van der Waals surface area contributed by atoms with Crippen LogP contribution in [0.25, 0.3) is 0 Å². The molecule has 6 fully saturated rings. The molecule has 7 aliphatic rings. The smallest absolute Gasteiger partial charge is 0.456 e. The second-order valence-electron chi connectivity index (χ2n) is 19.3. The molecule has 0 N–H and O–H groups in total. The first-order valence-electron chi connectivity index (χ1n) is 23.4. The molecule has 2 spiro atoms. The number of ether oxygens (including phenoxy) is 9. The maximum atomic E-state index is 15.3. The van der Waals surface area contributed by atoms with Crippen LogP contribution in [0.4, 0.5) is 5.69 Å². The highest BCUT2D eigenvalue weighted by Gasteiger charge is 2.70. The van der Waals surface area contributed by atoms with Crippen LogP contribution in [0.2, 0.25) is 5.02 Å². The molecule has 7 atom stereocenters. The monoisotopic (exact) mass is 950 g/mol. The third kappa shape index (κ3) is 8.97. The van der Waals surface area contributed by atoms with Crippen molar-refractivity contribution in [3.63, 3.8) is 0 Å². The molecular weight excluding hydrogens is 891 g/mol. The number of piperidine rings is 1. The Morgan fingerprint density at radius 1 is 0.773 bits per heavy atom. The molecule has 2 saturated carbocycles. The number of phosphoric ester groups is 1. The van der Waals surface area contributed by atoms with E-state index in [1.807, 2.05) is 86.6 Å². The van der Waals surface area contributed by atoms with Crippen molar-refractivity contribution in [2.75, 3.05) is 51.0 Å². The Morgan fingerprint density at radius 2 is 1.36 bits per heavy atom. The summed E-state index contributed by atoms with van der Waals surface area (Å²) in [5, 5.41) is 10.2. The molecule has 1 unspecified atom stereocenters. The SMILES string of the molecule is CCOC1(O[C@@H]2[C@H]3OC4(O[C@@H]3[C@H]3OC5(CCCC5)O[C@H]3[C@H]2OP(=O)(OCCC#N)OCCC2(C)OCC(C)(C)CO2)c2ccccc2Oc2ccccc24)CCN(c2ccc(Cl)cc2)CC1. The molecule has 10 rings (SSSR count). The zero-order valence-corrected chi connectivity index (χ0v) is 39.7. The third-order valence-electron chi connectivity index (χ3n) is 13.8. The number of hydrogen-bond acceptors (Lipinski definition) is 15. The van der Waals surface area contributed by atoms with Crippen LogP contribution in [0.1, 0.15) is 90.2 Å². The van der Waals surface area contributed by atoms with Crippen molar-refractivity contribution < 1.29 is 60.8 Å². The van der Waals surface area contributed by atoms with Gasteiger partial charge in [0.2, 0.25) is 5.79 Å². The fraction of sp³-hybridized carbons (Fsp3) is 0.612. The van der Waals surface area contributed by atoms with Crippen LogP contribution < -0.4 is 9.64 Å². The van der Waals surface area contributed by atoms with Crippen LogP contribution in [-0.4, -0.2) is 100 Å². The molecule has 0 amide bonds. The highest BCUT2D eigenvalue weighted by Crippen LogP contribution is 2.61. The Bertz CT molecular complexity index is 2240. The lowest BCUT2D eigenvalue weighted by molar-refractivity contribution is -0.308. The van der Waals surface area contributed by atoms with Gasteiger partial charge in [-0.1, -0.05) is 49.7 Å². The molecule has 0 aromatic heterocycles. The Labute approximate surface area is 391 Å². The van der Waals surface area contributed by atoms with Gasteiger partial charge in [0.15, 0.2) is 17.4 Å². The first-order chi connectivity index (χ1) is 31.8. The molecule has 15 nitrogen and oxygen atoms in total. The lowest BCUT2D eigenvalue weighted by atomic mass is 9.84. The largest absolute Gasteiger partial charge is 0.475 e. The minimum Gasteiger partial charge on any atom is -0.456 e. The summed E-state index contributed by atoms with van der Waals surface area (Å²) in [6, 6.07) is 25.2. The summed E-state index contributed by atoms with van der Waals surface area (Å²) >= 11 is 6.27. The average Bonchev–Trinajstić information content (AvgIpc) is 4.05. The van der Waals surface area contributed by atoms with Crippen LogP contribution in [0.15, 0.2) is 72.8 Å². The van der Waals surface area contributed by atoms with Gasteiger partial charge in [-0.2, -0.15) is 5.26 Å². The minimum atomic E-state index is -4.55. The number of anilines is 1. The van der Waals surface area contributed by atoms with Crippen LogP contribution in [-0.2, 0) is 61.8 Å². The van der Waals surface area contributed by atoms with Gasteiger partial charge in [0, 0.05) is 67.9 Å². The summed E-state index contributed by atoms with van der Waals surface area (Å²) in [6.45, 7) is 10.1. The van der Waals surface area contributed by atoms with E-state index >= 15 is 4.57 Å². The maximum absolute atomic E-state index is 15.3. The molecule has 66 heavy (non-hydrogen) atoms. The molecule has 5 aliphatic heterocycles. The van der Waals surface area contributed by atoms with E-state index in [4.69, 9.17) is 67.8 Å². The first kappa shape index (κ1) is 46.6. The Hall–Kier alpha value is -3.17. The molecule has 5 heterocycles. The number of benzene rings is 3. The molecule has 3 aromatic carbocycles. The van der Waals surface area contributed by atoms with Gasteiger partial charge in [-0.25, -0.2) is 4.57 Å². The van der Waals surface area contributed by atoms with Gasteiger partial charge < -0.3 is 47.5 Å². The van der Waals surface area contributed by atoms with Crippen molar-refractivity contribution >= 4 is 25.1 Å². The fourth-order valence-corrected chi connectivity index (χ4v) is 11.9. The van der Waals surface area contributed by atoms with E-state index in [0.717, 1.165) is 18.5 Å². The standard InChI is InChI=1S/C49H60ClN2O13P/c1-5-54-47(23-27-52(28-24-47)34-19-17-33(50)18-20-34)60-43-41-40(63-49(64-41)35-13-6-8-15-37(35)59-38-16-9-7-14-36(38)49)39-42(62-48(61-39)21-10-11-22-48)44(43)65-66(53,57-29-12-26-51)58-30-25-46(4)55-31-45(2,3)32-56-46/h6-9,13-20,39-44H,5,10-12,21-25,27-32H2,1-4H3/t39-,40-,41+,42-,43-,44-,66?/m1/s1. The maximum Gasteiger partial charge on any atom is 0.475 e. The molecule has 2 aliphatic carbocycles. The summed E-state index contributed by atoms with van der Waals surface area (Å²) in [7, 11) is -4.55. The van der Waals surface area contributed by atoms with E-state index in [9.17, 15) is 5.26 Å². The lowest BCUT2D eigenvalue weighted by Gasteiger charge is -2.49. The number of phosphoric acid groups is 1. The average molecular weight is 951 g/mol. The van der Waals surface area contributed by atoms with Crippen molar-refractivity contribution in [1.82, 2.24) is 0 Å². The summed E-state index contributed by atoms with van der Waals surface area (Å²) < 4.78 is 96.3. The van der Waals surface area contributed by atoms with E-state index in [2.05, 4.69) is 24.8 Å². The van der Waals surface area contributed by atoms with Gasteiger partial charge in [-0.15, -0.1) is 0 Å². The highest BCUT2D eigenvalue weighted by molar-refractivity contribution is 7.48. The molecule has 17 heteroatoms. The number of para-hydroxylation sites is 2. The summed E-state index contributed by atoms with van der Waals surface area (Å²) in [6.07, 6.45) is -1.42. The van der Waals surface area contributed by atoms with Gasteiger partial charge in [0.25, 0.3) is 0 Å². The summed E-state index contributed by atoms with van der Waals surface area (Å²) in [5.74, 6) is -3.40. The molecule has 3 aromatic rings. The van der Waals surface area contributed by atoms with Crippen molar-refractivity contribution in [2.24, 2.45) is 5.41 Å². The molecular formula is C49H60ClN2O13P. The van der Waals surface area contributed by atoms with E-state index in [-0.39, 0.29) is 31.5 Å². The van der Waals surface area contributed by atoms with Crippen molar-refractivity contribution in [3.05, 3.63) is 88.9 Å².